The zero-order valence-corrected chi connectivity index (χ0v) is 22.9. The molecule has 0 radical (unpaired) electrons. The largest absolute Gasteiger partial charge is 0.427 e. The summed E-state index contributed by atoms with van der Waals surface area (Å²) in [6.45, 7) is 4.31. The number of amides is 3. The van der Waals surface area contributed by atoms with Gasteiger partial charge in [0.25, 0.3) is 11.8 Å². The van der Waals surface area contributed by atoms with Crippen LogP contribution in [0.2, 0.25) is 0 Å². The van der Waals surface area contributed by atoms with Gasteiger partial charge in [-0.05, 0) is 44.0 Å². The number of hydrogen-bond acceptors (Lipinski definition) is 10. The summed E-state index contributed by atoms with van der Waals surface area (Å²) < 4.78 is 11.0. The number of fused-ring (bicyclic) bond motifs is 1. The van der Waals surface area contributed by atoms with Crippen LogP contribution in [0, 0.1) is 13.8 Å². The molecule has 15 heteroatoms. The van der Waals surface area contributed by atoms with E-state index in [1.807, 2.05) is 6.92 Å². The van der Waals surface area contributed by atoms with E-state index in [9.17, 15) is 19.2 Å². The summed E-state index contributed by atoms with van der Waals surface area (Å²) in [5.74, 6) is -1.25. The number of esters is 1. The maximum Gasteiger partial charge on any atom is 0.419 e. The fourth-order valence-corrected chi connectivity index (χ4v) is 3.27. The molecule has 2 aromatic heterocycles. The smallest absolute Gasteiger partial charge is 0.419 e. The maximum absolute atomic E-state index is 13.0. The van der Waals surface area contributed by atoms with Crippen molar-refractivity contribution >= 4 is 65.7 Å². The first-order valence-corrected chi connectivity index (χ1v) is 10.8. The van der Waals surface area contributed by atoms with Gasteiger partial charge >= 0.3 is 12.1 Å². The van der Waals surface area contributed by atoms with Crippen LogP contribution in [-0.4, -0.2) is 70.3 Å². The third-order valence-corrected chi connectivity index (χ3v) is 5.37. The molecule has 2 heterocycles. The number of carbonyl (C=O) groups is 4. The van der Waals surface area contributed by atoms with Crippen LogP contribution in [0.5, 0.6) is 0 Å². The van der Waals surface area contributed by atoms with Crippen LogP contribution in [0.1, 0.15) is 38.8 Å². The van der Waals surface area contributed by atoms with Crippen LogP contribution < -0.4 is 16.4 Å². The molecule has 3 amide bonds. The van der Waals surface area contributed by atoms with E-state index in [-0.39, 0.29) is 36.3 Å². The topological polar surface area (TPSA) is 170 Å². The minimum Gasteiger partial charge on any atom is -0.427 e. The van der Waals surface area contributed by atoms with Gasteiger partial charge in [-0.15, -0.1) is 24.8 Å². The van der Waals surface area contributed by atoms with Gasteiger partial charge in [-0.25, -0.2) is 19.2 Å². The molecule has 1 aromatic carbocycles. The van der Waals surface area contributed by atoms with Gasteiger partial charge in [-0.2, -0.15) is 5.10 Å². The average molecular weight is 570 g/mol. The van der Waals surface area contributed by atoms with Gasteiger partial charge in [0.15, 0.2) is 5.82 Å². The van der Waals surface area contributed by atoms with Gasteiger partial charge in [0.2, 0.25) is 6.79 Å². The second-order valence-electron chi connectivity index (χ2n) is 7.95. The van der Waals surface area contributed by atoms with Gasteiger partial charge in [-0.1, -0.05) is 6.07 Å². The Labute approximate surface area is 230 Å². The number of ether oxygens (including phenoxy) is 2. The molecule has 1 atom stereocenters. The van der Waals surface area contributed by atoms with Crippen molar-refractivity contribution in [2.45, 2.75) is 26.8 Å². The monoisotopic (exact) mass is 569 g/mol. The van der Waals surface area contributed by atoms with Gasteiger partial charge in [0, 0.05) is 31.5 Å². The minimum atomic E-state index is -1.02. The lowest BCUT2D eigenvalue weighted by Crippen LogP contribution is -2.35. The Bertz CT molecular complexity index is 1350. The van der Waals surface area contributed by atoms with Crippen LogP contribution in [0.25, 0.3) is 5.52 Å². The highest BCUT2D eigenvalue weighted by atomic mass is 35.5. The normalized spacial score (nSPS) is 10.9. The molecule has 0 saturated heterocycles. The van der Waals surface area contributed by atoms with E-state index in [0.717, 1.165) is 10.5 Å². The fourth-order valence-electron chi connectivity index (χ4n) is 3.27. The zero-order chi connectivity index (χ0) is 26.6. The highest BCUT2D eigenvalue weighted by Crippen LogP contribution is 2.28. The molecule has 38 heavy (non-hydrogen) atoms. The van der Waals surface area contributed by atoms with Crippen molar-refractivity contribution in [3.8, 4) is 0 Å². The lowest BCUT2D eigenvalue weighted by atomic mass is 10.1. The molecule has 4 N–H and O–H groups in total. The van der Waals surface area contributed by atoms with Crippen molar-refractivity contribution in [3.63, 3.8) is 0 Å². The minimum absolute atomic E-state index is 0. The number of halogens is 2. The predicted molar refractivity (Wildman–Crippen MR) is 143 cm³/mol. The molecule has 0 aliphatic rings. The number of anilines is 2. The van der Waals surface area contributed by atoms with E-state index in [2.05, 4.69) is 20.7 Å². The first-order valence-electron chi connectivity index (χ1n) is 10.8. The summed E-state index contributed by atoms with van der Waals surface area (Å²) in [7, 11) is 2.78. The lowest BCUT2D eigenvalue weighted by Gasteiger charge is -2.15. The van der Waals surface area contributed by atoms with Crippen molar-refractivity contribution in [2.75, 3.05) is 26.2 Å². The Hall–Kier alpha value is -3.94. The summed E-state index contributed by atoms with van der Waals surface area (Å²) in [6.07, 6.45) is 1.76. The summed E-state index contributed by atoms with van der Waals surface area (Å²) in [5.41, 5.74) is 8.53. The Balaban J connectivity index is 0.00000361. The average Bonchev–Trinajstić information content (AvgIpc) is 3.20. The number of nitrogens with two attached hydrogens (primary N) is 1. The number of benzene rings is 1. The highest BCUT2D eigenvalue weighted by molar-refractivity contribution is 6.05. The zero-order valence-electron chi connectivity index (χ0n) is 21.3. The molecule has 0 unspecified atom stereocenters. The number of carbonyl (C=O) groups excluding carboxylic acids is 4. The Morgan fingerprint density at radius 2 is 1.84 bits per heavy atom. The third-order valence-electron chi connectivity index (χ3n) is 5.37. The third kappa shape index (κ3) is 6.88. The standard InChI is InChI=1S/C23H27N7O6.2ClH/c1-12-6-7-15(20(31)25-4)8-17(12)28-19-18-13(2)16(9-30(18)27-10-26-19)21(32)29(5)23(34)36-11-35-22(33)14(3)24;;/h6-10,14H,11,24H2,1-5H3,(H,25,31)(H,26,27,28);2*1H/t14-;;/m0../s1. The van der Waals surface area contributed by atoms with Crippen LogP contribution >= 0.6 is 24.8 Å². The Morgan fingerprint density at radius 1 is 1.16 bits per heavy atom. The maximum atomic E-state index is 13.0. The Morgan fingerprint density at radius 3 is 2.47 bits per heavy atom. The molecular weight excluding hydrogens is 541 g/mol. The molecule has 3 aromatic rings. The number of nitrogens with zero attached hydrogens (tertiary/aromatic N) is 4. The molecule has 0 bridgehead atoms. The van der Waals surface area contributed by atoms with E-state index >= 15 is 0 Å². The summed E-state index contributed by atoms with van der Waals surface area (Å²) in [6, 6.07) is 4.33. The summed E-state index contributed by atoms with van der Waals surface area (Å²) in [5, 5.41) is 9.95. The van der Waals surface area contributed by atoms with Crippen molar-refractivity contribution < 1.29 is 28.7 Å². The molecule has 0 saturated carbocycles. The van der Waals surface area contributed by atoms with E-state index in [1.54, 1.807) is 32.2 Å². The summed E-state index contributed by atoms with van der Waals surface area (Å²) >= 11 is 0. The van der Waals surface area contributed by atoms with Gasteiger partial charge in [0.05, 0.1) is 5.56 Å². The molecular formula is C23H29Cl2N7O6. The molecule has 0 aliphatic heterocycles. The molecule has 0 spiro atoms. The lowest BCUT2D eigenvalue weighted by molar-refractivity contribution is -0.153. The predicted octanol–water partition coefficient (Wildman–Crippen LogP) is 2.35. The second-order valence-corrected chi connectivity index (χ2v) is 7.95. The SMILES string of the molecule is CNC(=O)c1ccc(C)c(Nc2ncnn3cc(C(=O)N(C)C(=O)OCOC(=O)[C@H](C)N)c(C)c23)c1.Cl.Cl. The van der Waals surface area contributed by atoms with E-state index in [4.69, 9.17) is 15.2 Å². The van der Waals surface area contributed by atoms with Crippen LogP contribution in [0.15, 0.2) is 30.7 Å². The van der Waals surface area contributed by atoms with E-state index in [0.29, 0.717) is 28.1 Å². The number of imide groups is 1. The van der Waals surface area contributed by atoms with E-state index < -0.39 is 30.8 Å². The summed E-state index contributed by atoms with van der Waals surface area (Å²) in [4.78, 5) is 53.8. The van der Waals surface area contributed by atoms with Crippen LogP contribution in [0.4, 0.5) is 16.3 Å². The molecule has 206 valence electrons. The number of nitrogens with one attached hydrogen (secondary N) is 2. The van der Waals surface area contributed by atoms with Gasteiger partial charge in [0.1, 0.15) is 17.9 Å². The molecule has 3 rings (SSSR count). The van der Waals surface area contributed by atoms with Crippen molar-refractivity contribution in [2.24, 2.45) is 5.73 Å². The van der Waals surface area contributed by atoms with Crippen LogP contribution in [0.3, 0.4) is 0 Å². The highest BCUT2D eigenvalue weighted by Gasteiger charge is 2.25. The van der Waals surface area contributed by atoms with Gasteiger partial charge in [-0.3, -0.25) is 14.4 Å². The first kappa shape index (κ1) is 32.1. The number of aryl methyl sites for hydroxylation is 2. The van der Waals surface area contributed by atoms with Crippen molar-refractivity contribution in [1.82, 2.24) is 24.8 Å². The van der Waals surface area contributed by atoms with Crippen LogP contribution in [-0.2, 0) is 14.3 Å². The number of aromatic nitrogens is 3. The van der Waals surface area contributed by atoms with E-state index in [1.165, 1.54) is 31.0 Å². The quantitative estimate of drug-likeness (QED) is 0.283. The van der Waals surface area contributed by atoms with Crippen molar-refractivity contribution in [3.05, 3.63) is 53.0 Å². The molecule has 0 aliphatic carbocycles. The van der Waals surface area contributed by atoms with Gasteiger partial charge < -0.3 is 25.8 Å². The molecule has 13 nitrogen and oxygen atoms in total. The Kier molecular flexibility index (Phi) is 11.5. The number of hydrogen-bond donors (Lipinski definition) is 3. The molecule has 0 fully saturated rings. The number of rotatable bonds is 7. The second kappa shape index (κ2) is 13.6. The van der Waals surface area contributed by atoms with Crippen molar-refractivity contribution in [1.29, 1.82) is 0 Å². The first-order chi connectivity index (χ1) is 17.0. The fraction of sp³-hybridized carbons (Fsp3) is 0.304.